The van der Waals surface area contributed by atoms with E-state index in [0.29, 0.717) is 18.2 Å². The lowest BCUT2D eigenvalue weighted by atomic mass is 10.2. The predicted molar refractivity (Wildman–Crippen MR) is 99.3 cm³/mol. The molecule has 1 aromatic heterocycles. The summed E-state index contributed by atoms with van der Waals surface area (Å²) in [6.45, 7) is 4.41. The zero-order valence-corrected chi connectivity index (χ0v) is 14.9. The van der Waals surface area contributed by atoms with Gasteiger partial charge in [-0.3, -0.25) is 14.9 Å². The number of allylic oxidation sites excluding steroid dienone is 1. The molecule has 0 saturated heterocycles. The molecule has 1 saturated carbocycles. The number of amides is 1. The number of para-hydroxylation sites is 2. The maximum atomic E-state index is 12.1. The van der Waals surface area contributed by atoms with Gasteiger partial charge in [-0.2, -0.15) is 0 Å². The second kappa shape index (κ2) is 8.13. The Labute approximate surface area is 154 Å². The van der Waals surface area contributed by atoms with E-state index >= 15 is 0 Å². The van der Waals surface area contributed by atoms with Gasteiger partial charge in [0.25, 0.3) is 5.69 Å². The molecule has 1 aromatic carbocycles. The molecule has 9 heteroatoms. The second-order valence-corrected chi connectivity index (χ2v) is 7.00. The Morgan fingerprint density at radius 3 is 2.88 bits per heavy atom. The van der Waals surface area contributed by atoms with Crippen molar-refractivity contribution < 1.29 is 9.72 Å². The third kappa shape index (κ3) is 4.29. The molecule has 26 heavy (non-hydrogen) atoms. The van der Waals surface area contributed by atoms with Gasteiger partial charge in [0, 0.05) is 30.7 Å². The van der Waals surface area contributed by atoms with Crippen LogP contribution in [0.2, 0.25) is 0 Å². The van der Waals surface area contributed by atoms with Crippen molar-refractivity contribution in [3.8, 4) is 0 Å². The molecule has 0 unspecified atom stereocenters. The van der Waals surface area contributed by atoms with Crippen LogP contribution >= 0.6 is 11.8 Å². The number of hydrogen-bond donors (Lipinski definition) is 1. The summed E-state index contributed by atoms with van der Waals surface area (Å²) >= 11 is 1.45. The van der Waals surface area contributed by atoms with Gasteiger partial charge in [-0.15, -0.1) is 16.8 Å². The summed E-state index contributed by atoms with van der Waals surface area (Å²) < 4.78 is 2.04. The Morgan fingerprint density at radius 1 is 1.42 bits per heavy atom. The third-order valence-corrected chi connectivity index (χ3v) is 4.90. The quantitative estimate of drug-likeness (QED) is 0.313. The zero-order chi connectivity index (χ0) is 18.5. The van der Waals surface area contributed by atoms with Crippen LogP contribution in [0.4, 0.5) is 11.4 Å². The van der Waals surface area contributed by atoms with Crippen molar-refractivity contribution in [1.82, 2.24) is 14.8 Å². The Hall–Kier alpha value is -2.68. The summed E-state index contributed by atoms with van der Waals surface area (Å²) in [5.41, 5.74) is 0.0895. The minimum Gasteiger partial charge on any atom is -0.320 e. The first-order valence-corrected chi connectivity index (χ1v) is 9.28. The molecule has 3 rings (SSSR count). The highest BCUT2D eigenvalue weighted by atomic mass is 32.2. The molecule has 1 N–H and O–H groups in total. The van der Waals surface area contributed by atoms with Crippen molar-refractivity contribution in [2.24, 2.45) is 0 Å². The van der Waals surface area contributed by atoms with Crippen molar-refractivity contribution >= 4 is 29.0 Å². The van der Waals surface area contributed by atoms with E-state index in [-0.39, 0.29) is 23.7 Å². The Balaban J connectivity index is 1.56. The van der Waals surface area contributed by atoms with Crippen LogP contribution in [0, 0.1) is 10.1 Å². The highest BCUT2D eigenvalue weighted by Gasteiger charge is 2.30. The number of nitro groups is 1. The van der Waals surface area contributed by atoms with E-state index in [0.717, 1.165) is 23.8 Å². The fraction of sp³-hybridized carbons (Fsp3) is 0.353. The SMILES string of the molecule is C=CCn1c(SCCC(=O)Nc2ccccc2[N+](=O)[O-])nnc1C1CC1. The van der Waals surface area contributed by atoms with Gasteiger partial charge in [-0.25, -0.2) is 0 Å². The lowest BCUT2D eigenvalue weighted by molar-refractivity contribution is -0.383. The standard InChI is InChI=1S/C17H19N5O3S/c1-2-10-21-16(12-7-8-12)19-20-17(21)26-11-9-15(23)18-13-5-3-4-6-14(13)22(24)25/h2-6,12H,1,7-11H2,(H,18,23). The van der Waals surface area contributed by atoms with Crippen LogP contribution in [0.5, 0.6) is 0 Å². The van der Waals surface area contributed by atoms with E-state index in [2.05, 4.69) is 22.1 Å². The van der Waals surface area contributed by atoms with Gasteiger partial charge in [0.1, 0.15) is 11.5 Å². The molecule has 0 atom stereocenters. The first-order valence-electron chi connectivity index (χ1n) is 8.30. The maximum Gasteiger partial charge on any atom is 0.292 e. The highest BCUT2D eigenvalue weighted by Crippen LogP contribution is 2.40. The van der Waals surface area contributed by atoms with Gasteiger partial charge in [-0.05, 0) is 18.9 Å². The number of thioether (sulfide) groups is 1. The van der Waals surface area contributed by atoms with Gasteiger partial charge in [0.2, 0.25) is 5.91 Å². The average Bonchev–Trinajstić information content (AvgIpc) is 3.38. The fourth-order valence-corrected chi connectivity index (χ4v) is 3.43. The molecule has 0 bridgehead atoms. The minimum atomic E-state index is -0.512. The van der Waals surface area contributed by atoms with Crippen LogP contribution in [0.15, 0.2) is 42.1 Å². The number of benzene rings is 1. The second-order valence-electron chi connectivity index (χ2n) is 5.94. The third-order valence-electron chi connectivity index (χ3n) is 3.93. The molecular weight excluding hydrogens is 354 g/mol. The summed E-state index contributed by atoms with van der Waals surface area (Å²) in [6.07, 6.45) is 4.30. The largest absolute Gasteiger partial charge is 0.320 e. The monoisotopic (exact) mass is 373 g/mol. The van der Waals surface area contributed by atoms with E-state index < -0.39 is 4.92 Å². The number of nitro benzene ring substituents is 1. The van der Waals surface area contributed by atoms with Crippen LogP contribution < -0.4 is 5.32 Å². The molecular formula is C17H19N5O3S. The van der Waals surface area contributed by atoms with Crippen molar-refractivity contribution in [2.45, 2.75) is 36.9 Å². The van der Waals surface area contributed by atoms with E-state index in [1.165, 1.54) is 23.9 Å². The van der Waals surface area contributed by atoms with Gasteiger partial charge in [0.05, 0.1) is 4.92 Å². The van der Waals surface area contributed by atoms with E-state index in [4.69, 9.17) is 0 Å². The summed E-state index contributed by atoms with van der Waals surface area (Å²) in [4.78, 5) is 22.6. The van der Waals surface area contributed by atoms with E-state index in [1.54, 1.807) is 18.2 Å². The molecule has 0 spiro atoms. The van der Waals surface area contributed by atoms with Crippen LogP contribution in [0.3, 0.4) is 0 Å². The van der Waals surface area contributed by atoms with Crippen molar-refractivity contribution in [3.05, 3.63) is 52.9 Å². The Kier molecular flexibility index (Phi) is 5.67. The lowest BCUT2D eigenvalue weighted by Crippen LogP contribution is -2.13. The lowest BCUT2D eigenvalue weighted by Gasteiger charge is -2.07. The molecule has 1 heterocycles. The summed E-state index contributed by atoms with van der Waals surface area (Å²) in [5, 5.41) is 22.8. The maximum absolute atomic E-state index is 12.1. The Morgan fingerprint density at radius 2 is 2.19 bits per heavy atom. The van der Waals surface area contributed by atoms with Crippen molar-refractivity contribution in [2.75, 3.05) is 11.1 Å². The topological polar surface area (TPSA) is 103 Å². The predicted octanol–water partition coefficient (Wildman–Crippen LogP) is 3.37. The van der Waals surface area contributed by atoms with Gasteiger partial charge in [-0.1, -0.05) is 30.0 Å². The number of carbonyl (C=O) groups excluding carboxylic acids is 1. The number of hydrogen-bond acceptors (Lipinski definition) is 6. The summed E-state index contributed by atoms with van der Waals surface area (Å²) in [5.74, 6) is 1.70. The number of aromatic nitrogens is 3. The van der Waals surface area contributed by atoms with E-state index in [1.807, 2.05) is 4.57 Å². The first-order chi connectivity index (χ1) is 12.6. The molecule has 1 amide bonds. The molecule has 1 aliphatic rings. The zero-order valence-electron chi connectivity index (χ0n) is 14.1. The summed E-state index contributed by atoms with van der Waals surface area (Å²) in [6, 6.07) is 6.09. The van der Waals surface area contributed by atoms with Gasteiger partial charge in [0.15, 0.2) is 5.16 Å². The number of nitrogens with one attached hydrogen (secondary N) is 1. The van der Waals surface area contributed by atoms with E-state index in [9.17, 15) is 14.9 Å². The Bertz CT molecular complexity index is 832. The number of carbonyl (C=O) groups is 1. The molecule has 1 fully saturated rings. The number of nitrogens with zero attached hydrogens (tertiary/aromatic N) is 4. The fourth-order valence-electron chi connectivity index (χ4n) is 2.54. The molecule has 8 nitrogen and oxygen atoms in total. The van der Waals surface area contributed by atoms with Crippen LogP contribution in [0.25, 0.3) is 0 Å². The van der Waals surface area contributed by atoms with Crippen LogP contribution in [-0.4, -0.2) is 31.3 Å². The van der Waals surface area contributed by atoms with Crippen molar-refractivity contribution in [3.63, 3.8) is 0 Å². The van der Waals surface area contributed by atoms with Gasteiger partial charge >= 0.3 is 0 Å². The molecule has 0 radical (unpaired) electrons. The van der Waals surface area contributed by atoms with Crippen molar-refractivity contribution in [1.29, 1.82) is 0 Å². The van der Waals surface area contributed by atoms with Crippen LogP contribution in [-0.2, 0) is 11.3 Å². The number of rotatable bonds is 9. The molecule has 2 aromatic rings. The average molecular weight is 373 g/mol. The van der Waals surface area contributed by atoms with Gasteiger partial charge < -0.3 is 9.88 Å². The first kappa shape index (κ1) is 18.1. The molecule has 136 valence electrons. The molecule has 1 aliphatic carbocycles. The normalized spacial score (nSPS) is 13.4. The smallest absolute Gasteiger partial charge is 0.292 e. The molecule has 0 aliphatic heterocycles. The number of anilines is 1. The summed E-state index contributed by atoms with van der Waals surface area (Å²) in [7, 11) is 0. The minimum absolute atomic E-state index is 0.117. The van der Waals surface area contributed by atoms with Crippen LogP contribution in [0.1, 0.15) is 31.0 Å². The highest BCUT2D eigenvalue weighted by molar-refractivity contribution is 7.99.